The van der Waals surface area contributed by atoms with Gasteiger partial charge in [0.05, 0.1) is 17.2 Å². The topological polar surface area (TPSA) is 79.2 Å². The Kier molecular flexibility index (Phi) is 6.44. The largest absolute Gasteiger partial charge is 0.449 e. The second-order valence-corrected chi connectivity index (χ2v) is 7.09. The summed E-state index contributed by atoms with van der Waals surface area (Å²) in [5.41, 5.74) is 2.09. The van der Waals surface area contributed by atoms with Crippen LogP contribution in [0.15, 0.2) is 48.5 Å². The first-order valence-electron chi connectivity index (χ1n) is 9.70. The SMILES string of the molecule is C[C@H](OC(=O)c1ccccc1-c1ccccc1C#N)C(=O)NC1CCCCC1. The van der Waals surface area contributed by atoms with Gasteiger partial charge in [-0.2, -0.15) is 5.26 Å². The van der Waals surface area contributed by atoms with E-state index in [1.165, 1.54) is 6.42 Å². The van der Waals surface area contributed by atoms with E-state index in [-0.39, 0.29) is 11.9 Å². The molecule has 0 aromatic heterocycles. The Balaban J connectivity index is 1.74. The van der Waals surface area contributed by atoms with Crippen LogP contribution in [0, 0.1) is 11.3 Å². The highest BCUT2D eigenvalue weighted by Gasteiger charge is 2.24. The van der Waals surface area contributed by atoms with Crippen LogP contribution < -0.4 is 5.32 Å². The molecule has 0 spiro atoms. The van der Waals surface area contributed by atoms with Gasteiger partial charge in [-0.1, -0.05) is 55.7 Å². The molecule has 5 nitrogen and oxygen atoms in total. The predicted molar refractivity (Wildman–Crippen MR) is 106 cm³/mol. The van der Waals surface area contributed by atoms with Crippen molar-refractivity contribution in [1.82, 2.24) is 5.32 Å². The highest BCUT2D eigenvalue weighted by Crippen LogP contribution is 2.27. The summed E-state index contributed by atoms with van der Waals surface area (Å²) in [5.74, 6) is -0.843. The fraction of sp³-hybridized carbons (Fsp3) is 0.348. The molecule has 1 atom stereocenters. The maximum Gasteiger partial charge on any atom is 0.339 e. The number of nitrogens with zero attached hydrogens (tertiary/aromatic N) is 1. The zero-order valence-electron chi connectivity index (χ0n) is 16.0. The Bertz CT molecular complexity index is 895. The van der Waals surface area contributed by atoms with E-state index in [2.05, 4.69) is 11.4 Å². The first-order valence-corrected chi connectivity index (χ1v) is 9.70. The number of nitrogens with one attached hydrogen (secondary N) is 1. The Morgan fingerprint density at radius 1 is 1.04 bits per heavy atom. The lowest BCUT2D eigenvalue weighted by molar-refractivity contribution is -0.130. The van der Waals surface area contributed by atoms with Gasteiger partial charge in [0, 0.05) is 11.6 Å². The summed E-state index contributed by atoms with van der Waals surface area (Å²) in [6, 6.07) is 16.4. The zero-order chi connectivity index (χ0) is 19.9. The van der Waals surface area contributed by atoms with Gasteiger partial charge in [-0.3, -0.25) is 4.79 Å². The van der Waals surface area contributed by atoms with Crippen LogP contribution in [-0.4, -0.2) is 24.0 Å². The molecule has 144 valence electrons. The van der Waals surface area contributed by atoms with Gasteiger partial charge < -0.3 is 10.1 Å². The molecule has 0 unspecified atom stereocenters. The molecule has 0 radical (unpaired) electrons. The smallest absolute Gasteiger partial charge is 0.339 e. The number of ether oxygens (including phenoxy) is 1. The lowest BCUT2D eigenvalue weighted by Gasteiger charge is -2.24. The molecule has 2 aromatic carbocycles. The minimum atomic E-state index is -0.881. The molecule has 1 N–H and O–H groups in total. The average molecular weight is 376 g/mol. The van der Waals surface area contributed by atoms with Crippen LogP contribution in [0.25, 0.3) is 11.1 Å². The van der Waals surface area contributed by atoms with Crippen molar-refractivity contribution in [3.63, 3.8) is 0 Å². The standard InChI is InChI=1S/C23H24N2O3/c1-16(22(26)25-18-10-3-2-4-11-18)28-23(27)21-14-8-7-13-20(21)19-12-6-5-9-17(19)15-24/h5-9,12-14,16,18H,2-4,10-11H2,1H3,(H,25,26)/t16-/m0/s1. The van der Waals surface area contributed by atoms with Gasteiger partial charge in [0.2, 0.25) is 0 Å². The monoisotopic (exact) mass is 376 g/mol. The quantitative estimate of drug-likeness (QED) is 0.793. The summed E-state index contributed by atoms with van der Waals surface area (Å²) in [4.78, 5) is 25.2. The van der Waals surface area contributed by atoms with Crippen molar-refractivity contribution < 1.29 is 14.3 Å². The molecular formula is C23H24N2O3. The van der Waals surface area contributed by atoms with E-state index in [4.69, 9.17) is 4.74 Å². The van der Waals surface area contributed by atoms with E-state index in [9.17, 15) is 14.9 Å². The molecule has 1 saturated carbocycles. The third kappa shape index (κ3) is 4.58. The van der Waals surface area contributed by atoms with Crippen LogP contribution in [-0.2, 0) is 9.53 Å². The van der Waals surface area contributed by atoms with E-state index >= 15 is 0 Å². The van der Waals surface area contributed by atoms with Crippen molar-refractivity contribution >= 4 is 11.9 Å². The number of rotatable bonds is 5. The van der Waals surface area contributed by atoms with Crippen molar-refractivity contribution in [2.24, 2.45) is 0 Å². The average Bonchev–Trinajstić information content (AvgIpc) is 2.74. The maximum atomic E-state index is 12.8. The summed E-state index contributed by atoms with van der Waals surface area (Å²) in [7, 11) is 0. The first kappa shape index (κ1) is 19.6. The number of esters is 1. The number of carbonyl (C=O) groups is 2. The van der Waals surface area contributed by atoms with Crippen LogP contribution in [0.4, 0.5) is 0 Å². The number of benzene rings is 2. The molecule has 0 aliphatic heterocycles. The minimum Gasteiger partial charge on any atom is -0.449 e. The van der Waals surface area contributed by atoms with Crippen LogP contribution >= 0.6 is 0 Å². The van der Waals surface area contributed by atoms with E-state index in [0.717, 1.165) is 25.7 Å². The summed E-state index contributed by atoms with van der Waals surface area (Å²) in [5, 5.41) is 12.3. The summed E-state index contributed by atoms with van der Waals surface area (Å²) < 4.78 is 5.44. The molecule has 1 aliphatic carbocycles. The van der Waals surface area contributed by atoms with E-state index in [1.54, 1.807) is 49.4 Å². The molecule has 1 aliphatic rings. The van der Waals surface area contributed by atoms with Crippen LogP contribution in [0.1, 0.15) is 54.9 Å². The van der Waals surface area contributed by atoms with Gasteiger partial charge in [0.25, 0.3) is 5.91 Å². The Morgan fingerprint density at radius 3 is 2.39 bits per heavy atom. The molecule has 0 bridgehead atoms. The molecule has 28 heavy (non-hydrogen) atoms. The minimum absolute atomic E-state index is 0.164. The van der Waals surface area contributed by atoms with Crippen molar-refractivity contribution in [1.29, 1.82) is 5.26 Å². The van der Waals surface area contributed by atoms with Crippen LogP contribution in [0.3, 0.4) is 0 Å². The number of amides is 1. The number of hydrogen-bond donors (Lipinski definition) is 1. The van der Waals surface area contributed by atoms with Crippen molar-refractivity contribution in [3.05, 3.63) is 59.7 Å². The molecule has 1 fully saturated rings. The van der Waals surface area contributed by atoms with E-state index in [0.29, 0.717) is 22.3 Å². The fourth-order valence-corrected chi connectivity index (χ4v) is 3.55. The maximum absolute atomic E-state index is 12.8. The van der Waals surface area contributed by atoms with Crippen molar-refractivity contribution in [2.75, 3.05) is 0 Å². The molecule has 2 aromatic rings. The van der Waals surface area contributed by atoms with Gasteiger partial charge in [-0.15, -0.1) is 0 Å². The third-order valence-corrected chi connectivity index (χ3v) is 5.09. The molecule has 3 rings (SSSR count). The Hall–Kier alpha value is -3.13. The Labute approximate surface area is 165 Å². The normalized spacial score (nSPS) is 15.3. The highest BCUT2D eigenvalue weighted by atomic mass is 16.5. The van der Waals surface area contributed by atoms with E-state index < -0.39 is 12.1 Å². The summed E-state index contributed by atoms with van der Waals surface area (Å²) in [6.45, 7) is 1.59. The van der Waals surface area contributed by atoms with Gasteiger partial charge in [0.15, 0.2) is 6.10 Å². The van der Waals surface area contributed by atoms with Gasteiger partial charge in [-0.05, 0) is 37.5 Å². The van der Waals surface area contributed by atoms with Gasteiger partial charge in [-0.25, -0.2) is 4.79 Å². The highest BCUT2D eigenvalue weighted by molar-refractivity contribution is 5.99. The second kappa shape index (κ2) is 9.18. The fourth-order valence-electron chi connectivity index (χ4n) is 3.55. The molecule has 1 amide bonds. The van der Waals surface area contributed by atoms with E-state index in [1.807, 2.05) is 6.07 Å². The first-order chi connectivity index (χ1) is 13.6. The van der Waals surface area contributed by atoms with Gasteiger partial charge >= 0.3 is 5.97 Å². The molecule has 0 heterocycles. The number of nitriles is 1. The summed E-state index contributed by atoms with van der Waals surface area (Å²) >= 11 is 0. The molecule has 5 heteroatoms. The number of hydrogen-bond acceptors (Lipinski definition) is 4. The van der Waals surface area contributed by atoms with Crippen LogP contribution in [0.5, 0.6) is 0 Å². The Morgan fingerprint density at radius 2 is 1.68 bits per heavy atom. The second-order valence-electron chi connectivity index (χ2n) is 7.09. The lowest BCUT2D eigenvalue weighted by Crippen LogP contribution is -2.42. The summed E-state index contributed by atoms with van der Waals surface area (Å²) in [6.07, 6.45) is 4.50. The molecular weight excluding hydrogens is 352 g/mol. The zero-order valence-corrected chi connectivity index (χ0v) is 16.0. The lowest BCUT2D eigenvalue weighted by atomic mass is 9.95. The third-order valence-electron chi connectivity index (χ3n) is 5.09. The molecule has 0 saturated heterocycles. The van der Waals surface area contributed by atoms with Crippen molar-refractivity contribution in [3.8, 4) is 17.2 Å². The predicted octanol–water partition coefficient (Wildman–Crippen LogP) is 4.22. The van der Waals surface area contributed by atoms with Gasteiger partial charge in [0.1, 0.15) is 0 Å². The number of carbonyl (C=O) groups excluding carboxylic acids is 2. The van der Waals surface area contributed by atoms with Crippen LogP contribution in [0.2, 0.25) is 0 Å². The van der Waals surface area contributed by atoms with Crippen molar-refractivity contribution in [2.45, 2.75) is 51.2 Å².